The van der Waals surface area contributed by atoms with Crippen LogP contribution in [0.5, 0.6) is 0 Å². The number of pyridine rings is 1. The lowest BCUT2D eigenvalue weighted by molar-refractivity contribution is 0.122. The predicted molar refractivity (Wildman–Crippen MR) is 99.1 cm³/mol. The molecule has 1 unspecified atom stereocenters. The summed E-state index contributed by atoms with van der Waals surface area (Å²) >= 11 is 0. The number of anilines is 2. The molecule has 3 rings (SSSR count). The SMILES string of the molecule is CC1CCCN(CCNC(=O)Nc2ccc(N3CCOCC3)nc2)C1. The largest absolute Gasteiger partial charge is 0.378 e. The summed E-state index contributed by atoms with van der Waals surface area (Å²) in [5.41, 5.74) is 0.709. The van der Waals surface area contributed by atoms with E-state index in [-0.39, 0.29) is 6.03 Å². The molecule has 1 aromatic rings. The molecule has 25 heavy (non-hydrogen) atoms. The molecule has 1 aromatic heterocycles. The number of hydrogen-bond donors (Lipinski definition) is 2. The summed E-state index contributed by atoms with van der Waals surface area (Å²) in [5.74, 6) is 1.69. The molecule has 3 heterocycles. The first kappa shape index (κ1) is 17.9. The first-order valence-electron chi connectivity index (χ1n) is 9.26. The maximum atomic E-state index is 12.0. The highest BCUT2D eigenvalue weighted by Crippen LogP contribution is 2.16. The van der Waals surface area contributed by atoms with Crippen LogP contribution in [-0.2, 0) is 4.74 Å². The average molecular weight is 347 g/mol. The molecule has 2 saturated heterocycles. The summed E-state index contributed by atoms with van der Waals surface area (Å²) in [6, 6.07) is 3.66. The standard InChI is InChI=1S/C18H29N5O2/c1-15-3-2-7-22(14-15)8-6-19-18(24)21-16-4-5-17(20-13-16)23-9-11-25-12-10-23/h4-5,13,15H,2-3,6-12,14H2,1H3,(H2,19,21,24). The second kappa shape index (κ2) is 9.01. The van der Waals surface area contributed by atoms with Gasteiger partial charge in [0.05, 0.1) is 25.1 Å². The van der Waals surface area contributed by atoms with Gasteiger partial charge in [0, 0.05) is 32.7 Å². The molecule has 0 spiro atoms. The molecule has 2 amide bonds. The van der Waals surface area contributed by atoms with E-state index >= 15 is 0 Å². The molecule has 1 atom stereocenters. The van der Waals surface area contributed by atoms with Crippen molar-refractivity contribution >= 4 is 17.5 Å². The lowest BCUT2D eigenvalue weighted by atomic mass is 10.0. The number of likely N-dealkylation sites (tertiary alicyclic amines) is 1. The number of urea groups is 1. The molecule has 0 aliphatic carbocycles. The molecule has 2 N–H and O–H groups in total. The summed E-state index contributed by atoms with van der Waals surface area (Å²) < 4.78 is 5.35. The minimum Gasteiger partial charge on any atom is -0.378 e. The van der Waals surface area contributed by atoms with Gasteiger partial charge in [0.25, 0.3) is 0 Å². The molecule has 0 bridgehead atoms. The first-order chi connectivity index (χ1) is 12.2. The predicted octanol–water partition coefficient (Wildman–Crippen LogP) is 1.77. The molecular weight excluding hydrogens is 318 g/mol. The number of hydrogen-bond acceptors (Lipinski definition) is 5. The highest BCUT2D eigenvalue weighted by Gasteiger charge is 2.16. The van der Waals surface area contributed by atoms with E-state index in [2.05, 4.69) is 32.3 Å². The Morgan fingerprint density at radius 3 is 2.88 bits per heavy atom. The molecule has 0 aromatic carbocycles. The van der Waals surface area contributed by atoms with Crippen molar-refractivity contribution in [2.75, 3.05) is 62.7 Å². The summed E-state index contributed by atoms with van der Waals surface area (Å²) in [5, 5.41) is 5.77. The summed E-state index contributed by atoms with van der Waals surface area (Å²) in [4.78, 5) is 21.1. The Bertz CT molecular complexity index is 545. The third-order valence-electron chi connectivity index (χ3n) is 4.80. The van der Waals surface area contributed by atoms with Crippen LogP contribution >= 0.6 is 0 Å². The molecule has 2 aliphatic heterocycles. The van der Waals surface area contributed by atoms with E-state index in [1.165, 1.54) is 12.8 Å². The highest BCUT2D eigenvalue weighted by atomic mass is 16.5. The number of nitrogens with one attached hydrogen (secondary N) is 2. The third kappa shape index (κ3) is 5.57. The number of carbonyl (C=O) groups is 1. The lowest BCUT2D eigenvalue weighted by Crippen LogP contribution is -2.41. The fourth-order valence-electron chi connectivity index (χ4n) is 3.43. The minimum atomic E-state index is -0.175. The number of amides is 2. The number of aromatic nitrogens is 1. The van der Waals surface area contributed by atoms with Gasteiger partial charge in [-0.25, -0.2) is 9.78 Å². The van der Waals surface area contributed by atoms with Crippen molar-refractivity contribution in [2.24, 2.45) is 5.92 Å². The number of rotatable bonds is 5. The Balaban J connectivity index is 1.38. The van der Waals surface area contributed by atoms with Gasteiger partial charge in [-0.1, -0.05) is 6.92 Å². The second-order valence-corrected chi connectivity index (χ2v) is 6.93. The van der Waals surface area contributed by atoms with E-state index in [0.717, 1.165) is 57.7 Å². The van der Waals surface area contributed by atoms with Crippen molar-refractivity contribution in [3.63, 3.8) is 0 Å². The van der Waals surface area contributed by atoms with Gasteiger partial charge in [0.1, 0.15) is 5.82 Å². The monoisotopic (exact) mass is 347 g/mol. The van der Waals surface area contributed by atoms with Gasteiger partial charge < -0.3 is 25.2 Å². The van der Waals surface area contributed by atoms with E-state index in [1.807, 2.05) is 12.1 Å². The van der Waals surface area contributed by atoms with Crippen LogP contribution in [0.3, 0.4) is 0 Å². The zero-order valence-electron chi connectivity index (χ0n) is 15.0. The highest BCUT2D eigenvalue weighted by molar-refractivity contribution is 5.89. The Kier molecular flexibility index (Phi) is 6.47. The van der Waals surface area contributed by atoms with E-state index < -0.39 is 0 Å². The normalized spacial score (nSPS) is 21.8. The van der Waals surface area contributed by atoms with Crippen molar-refractivity contribution in [3.8, 4) is 0 Å². The molecule has 7 heteroatoms. The number of piperidine rings is 1. The third-order valence-corrected chi connectivity index (χ3v) is 4.80. The van der Waals surface area contributed by atoms with Crippen LogP contribution in [0.2, 0.25) is 0 Å². The van der Waals surface area contributed by atoms with Gasteiger partial charge in [-0.3, -0.25) is 0 Å². The van der Waals surface area contributed by atoms with Crippen LogP contribution < -0.4 is 15.5 Å². The van der Waals surface area contributed by atoms with Crippen LogP contribution in [-0.4, -0.2) is 68.4 Å². The maximum absolute atomic E-state index is 12.0. The van der Waals surface area contributed by atoms with Crippen LogP contribution in [0.15, 0.2) is 18.3 Å². The van der Waals surface area contributed by atoms with Crippen LogP contribution in [0.4, 0.5) is 16.3 Å². The molecule has 0 radical (unpaired) electrons. The van der Waals surface area contributed by atoms with E-state index in [0.29, 0.717) is 12.2 Å². The quantitative estimate of drug-likeness (QED) is 0.850. The molecule has 7 nitrogen and oxygen atoms in total. The number of carbonyl (C=O) groups excluding carboxylic acids is 1. The molecule has 138 valence electrons. The smallest absolute Gasteiger partial charge is 0.319 e. The Labute approximate surface area is 149 Å². The van der Waals surface area contributed by atoms with E-state index in [4.69, 9.17) is 4.74 Å². The van der Waals surface area contributed by atoms with Crippen molar-refractivity contribution < 1.29 is 9.53 Å². The lowest BCUT2D eigenvalue weighted by Gasteiger charge is -2.30. The van der Waals surface area contributed by atoms with Crippen LogP contribution in [0, 0.1) is 5.92 Å². The van der Waals surface area contributed by atoms with Gasteiger partial charge in [-0.15, -0.1) is 0 Å². The second-order valence-electron chi connectivity index (χ2n) is 6.93. The molecule has 2 aliphatic rings. The topological polar surface area (TPSA) is 69.7 Å². The molecule has 2 fully saturated rings. The number of morpholine rings is 1. The zero-order chi connectivity index (χ0) is 17.5. The van der Waals surface area contributed by atoms with E-state index in [1.54, 1.807) is 6.20 Å². The summed E-state index contributed by atoms with van der Waals surface area (Å²) in [7, 11) is 0. The van der Waals surface area contributed by atoms with Crippen molar-refractivity contribution in [1.29, 1.82) is 0 Å². The Hall–Kier alpha value is -1.86. The number of ether oxygens (including phenoxy) is 1. The van der Waals surface area contributed by atoms with Crippen molar-refractivity contribution in [1.82, 2.24) is 15.2 Å². The number of nitrogens with zero attached hydrogens (tertiary/aromatic N) is 3. The van der Waals surface area contributed by atoms with Gasteiger partial charge in [-0.05, 0) is 37.4 Å². The average Bonchev–Trinajstić information content (AvgIpc) is 2.63. The van der Waals surface area contributed by atoms with E-state index in [9.17, 15) is 4.79 Å². The molecule has 0 saturated carbocycles. The van der Waals surface area contributed by atoms with Crippen LogP contribution in [0.1, 0.15) is 19.8 Å². The van der Waals surface area contributed by atoms with Gasteiger partial charge in [0.15, 0.2) is 0 Å². The molecular formula is C18H29N5O2. The Morgan fingerprint density at radius 1 is 1.32 bits per heavy atom. The fraction of sp³-hybridized carbons (Fsp3) is 0.667. The summed E-state index contributed by atoms with van der Waals surface area (Å²) in [6.07, 6.45) is 4.28. The maximum Gasteiger partial charge on any atom is 0.319 e. The van der Waals surface area contributed by atoms with Gasteiger partial charge in [0.2, 0.25) is 0 Å². The van der Waals surface area contributed by atoms with Crippen molar-refractivity contribution in [2.45, 2.75) is 19.8 Å². The first-order valence-corrected chi connectivity index (χ1v) is 9.26. The fourth-order valence-corrected chi connectivity index (χ4v) is 3.43. The Morgan fingerprint density at radius 2 is 2.16 bits per heavy atom. The van der Waals surface area contributed by atoms with Gasteiger partial charge >= 0.3 is 6.03 Å². The minimum absolute atomic E-state index is 0.175. The van der Waals surface area contributed by atoms with Crippen LogP contribution in [0.25, 0.3) is 0 Å². The summed E-state index contributed by atoms with van der Waals surface area (Å²) in [6.45, 7) is 9.32. The van der Waals surface area contributed by atoms with Crippen molar-refractivity contribution in [3.05, 3.63) is 18.3 Å². The van der Waals surface area contributed by atoms with Gasteiger partial charge in [-0.2, -0.15) is 0 Å². The zero-order valence-corrected chi connectivity index (χ0v) is 15.0.